The molecular weight excluding hydrogens is 386 g/mol. The molecule has 0 unspecified atom stereocenters. The van der Waals surface area contributed by atoms with Gasteiger partial charge in [-0.3, -0.25) is 9.69 Å². The Bertz CT molecular complexity index is 925. The predicted octanol–water partition coefficient (Wildman–Crippen LogP) is 3.77. The van der Waals surface area contributed by atoms with Crippen molar-refractivity contribution in [3.05, 3.63) is 72.3 Å². The highest BCUT2D eigenvalue weighted by molar-refractivity contribution is 8.15. The van der Waals surface area contributed by atoms with E-state index in [2.05, 4.69) is 16.8 Å². The minimum Gasteiger partial charge on any atom is -0.497 e. The van der Waals surface area contributed by atoms with Crippen LogP contribution in [0.5, 0.6) is 11.5 Å². The first-order valence-corrected chi connectivity index (χ1v) is 10.00. The van der Waals surface area contributed by atoms with Gasteiger partial charge in [0.2, 0.25) is 5.91 Å². The Labute approximate surface area is 174 Å². The average molecular weight is 410 g/mol. The van der Waals surface area contributed by atoms with Crippen LogP contribution in [-0.2, 0) is 11.2 Å². The monoisotopic (exact) mass is 409 g/mol. The molecule has 7 heteroatoms. The maximum atomic E-state index is 12.8. The zero-order chi connectivity index (χ0) is 20.6. The second-order valence-corrected chi connectivity index (χ2v) is 7.44. The molecule has 2 aromatic carbocycles. The molecular formula is C22H23N3O3S. The lowest BCUT2D eigenvalue weighted by atomic mass is 10.1. The highest BCUT2D eigenvalue weighted by Gasteiger charge is 2.37. The van der Waals surface area contributed by atoms with Crippen LogP contribution in [-0.4, -0.2) is 48.2 Å². The minimum atomic E-state index is -0.247. The number of methoxy groups -OCH3 is 2. The van der Waals surface area contributed by atoms with E-state index in [1.54, 1.807) is 31.4 Å². The Morgan fingerprint density at radius 1 is 1.14 bits per heavy atom. The van der Waals surface area contributed by atoms with E-state index in [4.69, 9.17) is 9.47 Å². The highest BCUT2D eigenvalue weighted by atomic mass is 32.2. The lowest BCUT2D eigenvalue weighted by Crippen LogP contribution is -2.32. The third-order valence-corrected chi connectivity index (χ3v) is 5.56. The first kappa shape index (κ1) is 20.7. The van der Waals surface area contributed by atoms with E-state index in [0.717, 1.165) is 16.9 Å². The van der Waals surface area contributed by atoms with Crippen molar-refractivity contribution in [2.75, 3.05) is 20.8 Å². The van der Waals surface area contributed by atoms with Gasteiger partial charge in [-0.25, -0.2) is 0 Å². The number of carbonyl (C=O) groups excluding carboxylic acids is 1. The molecule has 1 heterocycles. The SMILES string of the molecule is C=CCN1C(=O)[C@H](Cc2ccc(OC)cc2)S/C1=N/N=C/c1ccccc1OC. The molecule has 150 valence electrons. The number of para-hydroxylation sites is 1. The molecule has 1 amide bonds. The standard InChI is InChI=1S/C22H23N3O3S/c1-4-13-25-21(26)20(14-16-9-11-18(27-2)12-10-16)29-22(25)24-23-15-17-7-5-6-8-19(17)28-3/h4-12,15,20H,1,13-14H2,2-3H3/b23-15+,24-22+/t20-/m0/s1. The molecule has 0 saturated carbocycles. The summed E-state index contributed by atoms with van der Waals surface area (Å²) in [5.74, 6) is 1.52. The molecule has 1 aliphatic rings. The van der Waals surface area contributed by atoms with Gasteiger partial charge in [0, 0.05) is 12.1 Å². The topological polar surface area (TPSA) is 63.5 Å². The maximum absolute atomic E-state index is 12.8. The zero-order valence-corrected chi connectivity index (χ0v) is 17.3. The number of hydrogen-bond donors (Lipinski definition) is 0. The number of nitrogens with zero attached hydrogens (tertiary/aromatic N) is 3. The van der Waals surface area contributed by atoms with Crippen LogP contribution in [0.15, 0.2) is 71.4 Å². The van der Waals surface area contributed by atoms with E-state index in [-0.39, 0.29) is 11.2 Å². The van der Waals surface area contributed by atoms with Gasteiger partial charge in [0.15, 0.2) is 5.17 Å². The molecule has 0 bridgehead atoms. The molecule has 0 radical (unpaired) electrons. The molecule has 0 aromatic heterocycles. The number of amides is 1. The van der Waals surface area contributed by atoms with Crippen molar-refractivity contribution in [1.29, 1.82) is 0 Å². The molecule has 0 aliphatic carbocycles. The van der Waals surface area contributed by atoms with Gasteiger partial charge >= 0.3 is 0 Å². The summed E-state index contributed by atoms with van der Waals surface area (Å²) >= 11 is 1.42. The number of ether oxygens (including phenoxy) is 2. The number of rotatable bonds is 8. The number of amidine groups is 1. The zero-order valence-electron chi connectivity index (χ0n) is 16.4. The third kappa shape index (κ3) is 5.06. The number of thioether (sulfide) groups is 1. The van der Waals surface area contributed by atoms with Crippen LogP contribution in [0.2, 0.25) is 0 Å². The molecule has 1 saturated heterocycles. The first-order valence-electron chi connectivity index (χ1n) is 9.12. The predicted molar refractivity (Wildman–Crippen MR) is 118 cm³/mol. The minimum absolute atomic E-state index is 0.0111. The van der Waals surface area contributed by atoms with Crippen LogP contribution in [0.4, 0.5) is 0 Å². The van der Waals surface area contributed by atoms with Gasteiger partial charge in [-0.1, -0.05) is 42.1 Å². The Morgan fingerprint density at radius 3 is 2.59 bits per heavy atom. The van der Waals surface area contributed by atoms with Gasteiger partial charge in [-0.15, -0.1) is 11.7 Å². The maximum Gasteiger partial charge on any atom is 0.242 e. The summed E-state index contributed by atoms with van der Waals surface area (Å²) < 4.78 is 10.5. The van der Waals surface area contributed by atoms with Crippen molar-refractivity contribution in [1.82, 2.24) is 4.90 Å². The molecule has 3 rings (SSSR count). The normalized spacial score (nSPS) is 17.9. The first-order chi connectivity index (χ1) is 14.2. The smallest absolute Gasteiger partial charge is 0.242 e. The second kappa shape index (κ2) is 9.93. The summed E-state index contributed by atoms with van der Waals surface area (Å²) in [7, 11) is 3.24. The third-order valence-electron chi connectivity index (χ3n) is 4.39. The quantitative estimate of drug-likeness (QED) is 0.378. The number of hydrogen-bond acceptors (Lipinski definition) is 6. The molecule has 1 fully saturated rings. The number of benzene rings is 2. The van der Waals surface area contributed by atoms with Gasteiger partial charge in [-0.05, 0) is 36.2 Å². The summed E-state index contributed by atoms with van der Waals surface area (Å²) in [5, 5.41) is 8.80. The number of carbonyl (C=O) groups is 1. The van der Waals surface area contributed by atoms with Crippen LogP contribution in [0.3, 0.4) is 0 Å². The Hall–Kier alpha value is -3.06. The van der Waals surface area contributed by atoms with Gasteiger partial charge in [0.25, 0.3) is 0 Å². The fraction of sp³-hybridized carbons (Fsp3) is 0.227. The molecule has 0 N–H and O–H groups in total. The highest BCUT2D eigenvalue weighted by Crippen LogP contribution is 2.30. The molecule has 1 atom stereocenters. The van der Waals surface area contributed by atoms with E-state index >= 15 is 0 Å². The lowest BCUT2D eigenvalue weighted by Gasteiger charge is -2.13. The van der Waals surface area contributed by atoms with Crippen molar-refractivity contribution in [3.8, 4) is 11.5 Å². The Kier molecular flexibility index (Phi) is 7.08. The average Bonchev–Trinajstić information content (AvgIpc) is 3.04. The van der Waals surface area contributed by atoms with Gasteiger partial charge < -0.3 is 9.47 Å². The van der Waals surface area contributed by atoms with Crippen molar-refractivity contribution in [2.45, 2.75) is 11.7 Å². The van der Waals surface area contributed by atoms with E-state index < -0.39 is 0 Å². The van der Waals surface area contributed by atoms with E-state index in [9.17, 15) is 4.79 Å². The second-order valence-electron chi connectivity index (χ2n) is 6.27. The molecule has 0 spiro atoms. The Morgan fingerprint density at radius 2 is 1.90 bits per heavy atom. The van der Waals surface area contributed by atoms with Gasteiger partial charge in [0.05, 0.1) is 25.7 Å². The summed E-state index contributed by atoms with van der Waals surface area (Å²) in [6, 6.07) is 15.3. The van der Waals surface area contributed by atoms with E-state index in [1.165, 1.54) is 11.8 Å². The van der Waals surface area contributed by atoms with Crippen LogP contribution < -0.4 is 9.47 Å². The fourth-order valence-electron chi connectivity index (χ4n) is 2.90. The lowest BCUT2D eigenvalue weighted by molar-refractivity contribution is -0.125. The summed E-state index contributed by atoms with van der Waals surface area (Å²) in [5.41, 5.74) is 1.88. The molecule has 29 heavy (non-hydrogen) atoms. The van der Waals surface area contributed by atoms with E-state index in [1.807, 2.05) is 48.5 Å². The summed E-state index contributed by atoms with van der Waals surface area (Å²) in [6.07, 6.45) is 3.92. The van der Waals surface area contributed by atoms with Crippen LogP contribution in [0.25, 0.3) is 0 Å². The Balaban J connectivity index is 1.76. The van der Waals surface area contributed by atoms with Crippen molar-refractivity contribution < 1.29 is 14.3 Å². The van der Waals surface area contributed by atoms with Crippen LogP contribution >= 0.6 is 11.8 Å². The van der Waals surface area contributed by atoms with Crippen LogP contribution in [0.1, 0.15) is 11.1 Å². The summed E-state index contributed by atoms with van der Waals surface area (Å²) in [4.78, 5) is 14.5. The largest absolute Gasteiger partial charge is 0.497 e. The van der Waals surface area contributed by atoms with Gasteiger partial charge in [0.1, 0.15) is 11.5 Å². The summed E-state index contributed by atoms with van der Waals surface area (Å²) in [6.45, 7) is 4.14. The molecule has 2 aromatic rings. The molecule has 6 nitrogen and oxygen atoms in total. The fourth-order valence-corrected chi connectivity index (χ4v) is 4.05. The van der Waals surface area contributed by atoms with Crippen LogP contribution in [0, 0.1) is 0 Å². The van der Waals surface area contributed by atoms with Crippen molar-refractivity contribution in [3.63, 3.8) is 0 Å². The van der Waals surface area contributed by atoms with Crippen molar-refractivity contribution >= 4 is 29.1 Å². The van der Waals surface area contributed by atoms with Gasteiger partial charge in [-0.2, -0.15) is 5.10 Å². The van der Waals surface area contributed by atoms with E-state index in [0.29, 0.717) is 23.9 Å². The van der Waals surface area contributed by atoms with Crippen molar-refractivity contribution in [2.24, 2.45) is 10.2 Å². The molecule has 1 aliphatic heterocycles.